The predicted molar refractivity (Wildman–Crippen MR) is 95.6 cm³/mol. The molecule has 2 amide bonds. The van der Waals surface area contributed by atoms with Crippen molar-refractivity contribution in [3.63, 3.8) is 0 Å². The molecule has 3 rings (SSSR count). The first kappa shape index (κ1) is 19.3. The molecule has 1 aromatic rings. The molecule has 2 aliphatic rings. The number of ether oxygens (including phenoxy) is 1. The number of carbonyl (C=O) groups is 3. The Bertz CT molecular complexity index is 675. The summed E-state index contributed by atoms with van der Waals surface area (Å²) in [6.45, 7) is 2.04. The first-order valence-electron chi connectivity index (χ1n) is 9.32. The van der Waals surface area contributed by atoms with E-state index in [1.165, 1.54) is 0 Å². The summed E-state index contributed by atoms with van der Waals surface area (Å²) >= 11 is 0. The Kier molecular flexibility index (Phi) is 6.39. The Labute approximate surface area is 158 Å². The number of likely N-dealkylation sites (tertiary alicyclic amines) is 1. The van der Waals surface area contributed by atoms with Crippen molar-refractivity contribution in [1.82, 2.24) is 14.8 Å². The van der Waals surface area contributed by atoms with E-state index >= 15 is 0 Å². The van der Waals surface area contributed by atoms with Crippen LogP contribution in [0.1, 0.15) is 31.4 Å². The number of pyridine rings is 1. The number of aliphatic carboxylic acids is 1. The highest BCUT2D eigenvalue weighted by atomic mass is 16.5. The minimum absolute atomic E-state index is 0.0226. The van der Waals surface area contributed by atoms with Crippen molar-refractivity contribution in [2.24, 2.45) is 5.92 Å². The quantitative estimate of drug-likeness (QED) is 0.760. The third-order valence-electron chi connectivity index (χ3n) is 5.12. The molecule has 0 radical (unpaired) electrons. The van der Waals surface area contributed by atoms with Crippen molar-refractivity contribution in [2.75, 3.05) is 26.3 Å². The zero-order valence-corrected chi connectivity index (χ0v) is 15.2. The normalized spacial score (nSPS) is 20.7. The van der Waals surface area contributed by atoms with Gasteiger partial charge in [0, 0.05) is 45.0 Å². The van der Waals surface area contributed by atoms with Gasteiger partial charge in [0.1, 0.15) is 0 Å². The molecule has 0 unspecified atom stereocenters. The molecule has 0 aromatic carbocycles. The van der Waals surface area contributed by atoms with Crippen molar-refractivity contribution in [3.8, 4) is 0 Å². The molecule has 0 aliphatic carbocycles. The molecular weight excluding hydrogens is 350 g/mol. The number of amides is 2. The molecule has 8 heteroatoms. The second-order valence-electron chi connectivity index (χ2n) is 7.02. The Hall–Kier alpha value is -2.48. The van der Waals surface area contributed by atoms with Gasteiger partial charge in [0.25, 0.3) is 0 Å². The second-order valence-corrected chi connectivity index (χ2v) is 7.02. The lowest BCUT2D eigenvalue weighted by Gasteiger charge is -2.35. The molecule has 2 fully saturated rings. The monoisotopic (exact) mass is 375 g/mol. The van der Waals surface area contributed by atoms with Crippen LogP contribution in [-0.4, -0.2) is 70.0 Å². The first-order chi connectivity index (χ1) is 13.0. The van der Waals surface area contributed by atoms with E-state index < -0.39 is 11.9 Å². The van der Waals surface area contributed by atoms with Crippen LogP contribution in [0, 0.1) is 5.92 Å². The standard InChI is InChI=1S/C19H25N3O5/c23-17-11-14(12-21(17)13-15-3-1-2-7-20-15)19(26)22(8-4-18(24)25)16-5-9-27-10-6-16/h1-3,7,14,16H,4-6,8-13H2,(H,24,25)/t14-/m1/s1. The van der Waals surface area contributed by atoms with Crippen molar-refractivity contribution >= 4 is 17.8 Å². The molecule has 8 nitrogen and oxygen atoms in total. The van der Waals surface area contributed by atoms with E-state index in [-0.39, 0.29) is 37.2 Å². The second kappa shape index (κ2) is 8.94. The maximum atomic E-state index is 13.1. The summed E-state index contributed by atoms with van der Waals surface area (Å²) in [6.07, 6.45) is 3.14. The molecule has 0 spiro atoms. The highest BCUT2D eigenvalue weighted by Crippen LogP contribution is 2.25. The number of nitrogens with zero attached hydrogens (tertiary/aromatic N) is 3. The van der Waals surface area contributed by atoms with Crippen LogP contribution in [-0.2, 0) is 25.7 Å². The number of carbonyl (C=O) groups excluding carboxylic acids is 2. The van der Waals surface area contributed by atoms with Gasteiger partial charge < -0.3 is 19.6 Å². The molecular formula is C19H25N3O5. The molecule has 2 aliphatic heterocycles. The zero-order valence-electron chi connectivity index (χ0n) is 15.2. The third kappa shape index (κ3) is 5.03. The smallest absolute Gasteiger partial charge is 0.305 e. The first-order valence-corrected chi connectivity index (χ1v) is 9.32. The molecule has 1 atom stereocenters. The van der Waals surface area contributed by atoms with Crippen molar-refractivity contribution in [3.05, 3.63) is 30.1 Å². The molecule has 0 saturated carbocycles. The Morgan fingerprint density at radius 3 is 2.74 bits per heavy atom. The van der Waals surface area contributed by atoms with Gasteiger partial charge in [-0.2, -0.15) is 0 Å². The Morgan fingerprint density at radius 1 is 1.30 bits per heavy atom. The topological polar surface area (TPSA) is 100 Å². The van der Waals surface area contributed by atoms with Gasteiger partial charge in [0.2, 0.25) is 11.8 Å². The van der Waals surface area contributed by atoms with Gasteiger partial charge in [0.15, 0.2) is 0 Å². The lowest BCUT2D eigenvalue weighted by atomic mass is 10.0. The van der Waals surface area contributed by atoms with Gasteiger partial charge >= 0.3 is 5.97 Å². The summed E-state index contributed by atoms with van der Waals surface area (Å²) in [5.41, 5.74) is 0.783. The highest BCUT2D eigenvalue weighted by molar-refractivity contribution is 5.89. The van der Waals surface area contributed by atoms with E-state index in [1.54, 1.807) is 16.0 Å². The minimum atomic E-state index is -0.931. The van der Waals surface area contributed by atoms with Crippen LogP contribution >= 0.6 is 0 Å². The number of hydrogen-bond acceptors (Lipinski definition) is 5. The van der Waals surface area contributed by atoms with E-state index in [0.717, 1.165) is 5.69 Å². The SMILES string of the molecule is O=C(O)CCN(C(=O)[C@@H]1CC(=O)N(Cc2ccccn2)C1)C1CCOCC1. The van der Waals surface area contributed by atoms with Crippen LogP contribution in [0.15, 0.2) is 24.4 Å². The maximum Gasteiger partial charge on any atom is 0.305 e. The van der Waals surface area contributed by atoms with E-state index in [0.29, 0.717) is 39.1 Å². The Balaban J connectivity index is 1.65. The molecule has 146 valence electrons. The fourth-order valence-corrected chi connectivity index (χ4v) is 3.70. The Morgan fingerprint density at radius 2 is 2.07 bits per heavy atom. The van der Waals surface area contributed by atoms with E-state index in [2.05, 4.69) is 4.98 Å². The van der Waals surface area contributed by atoms with Crippen LogP contribution < -0.4 is 0 Å². The fourth-order valence-electron chi connectivity index (χ4n) is 3.70. The average molecular weight is 375 g/mol. The summed E-state index contributed by atoms with van der Waals surface area (Å²) < 4.78 is 5.36. The van der Waals surface area contributed by atoms with Crippen LogP contribution in [0.2, 0.25) is 0 Å². The van der Waals surface area contributed by atoms with E-state index in [4.69, 9.17) is 9.84 Å². The molecule has 3 heterocycles. The zero-order chi connectivity index (χ0) is 19.2. The largest absolute Gasteiger partial charge is 0.481 e. The van der Waals surface area contributed by atoms with Crippen molar-refractivity contribution in [2.45, 2.75) is 38.3 Å². The number of rotatable bonds is 7. The molecule has 0 bridgehead atoms. The number of carboxylic acid groups (broad SMARTS) is 1. The lowest BCUT2D eigenvalue weighted by Crippen LogP contribution is -2.47. The van der Waals surface area contributed by atoms with Crippen LogP contribution in [0.5, 0.6) is 0 Å². The summed E-state index contributed by atoms with van der Waals surface area (Å²) in [4.78, 5) is 44.0. The summed E-state index contributed by atoms with van der Waals surface area (Å²) in [5, 5.41) is 9.02. The summed E-state index contributed by atoms with van der Waals surface area (Å²) in [7, 11) is 0. The van der Waals surface area contributed by atoms with Crippen LogP contribution in [0.3, 0.4) is 0 Å². The van der Waals surface area contributed by atoms with Gasteiger partial charge in [-0.1, -0.05) is 6.07 Å². The lowest BCUT2D eigenvalue weighted by molar-refractivity contribution is -0.142. The van der Waals surface area contributed by atoms with Gasteiger partial charge in [-0.3, -0.25) is 19.4 Å². The van der Waals surface area contributed by atoms with E-state index in [1.807, 2.05) is 18.2 Å². The van der Waals surface area contributed by atoms with Gasteiger partial charge in [-0.05, 0) is 25.0 Å². The summed E-state index contributed by atoms with van der Waals surface area (Å²) in [6, 6.07) is 5.51. The molecule has 1 aromatic heterocycles. The van der Waals surface area contributed by atoms with Gasteiger partial charge in [-0.15, -0.1) is 0 Å². The number of hydrogen-bond donors (Lipinski definition) is 1. The van der Waals surface area contributed by atoms with Crippen LogP contribution in [0.25, 0.3) is 0 Å². The number of carboxylic acids is 1. The van der Waals surface area contributed by atoms with Crippen molar-refractivity contribution in [1.29, 1.82) is 0 Å². The van der Waals surface area contributed by atoms with Gasteiger partial charge in [-0.25, -0.2) is 0 Å². The highest BCUT2D eigenvalue weighted by Gasteiger charge is 2.38. The minimum Gasteiger partial charge on any atom is -0.481 e. The average Bonchev–Trinajstić information content (AvgIpc) is 3.04. The third-order valence-corrected chi connectivity index (χ3v) is 5.12. The maximum absolute atomic E-state index is 13.1. The molecule has 1 N–H and O–H groups in total. The molecule has 2 saturated heterocycles. The fraction of sp³-hybridized carbons (Fsp3) is 0.579. The number of aromatic nitrogens is 1. The summed E-state index contributed by atoms with van der Waals surface area (Å²) in [5.74, 6) is -1.55. The van der Waals surface area contributed by atoms with Crippen molar-refractivity contribution < 1.29 is 24.2 Å². The van der Waals surface area contributed by atoms with Crippen LogP contribution in [0.4, 0.5) is 0 Å². The molecule has 27 heavy (non-hydrogen) atoms. The van der Waals surface area contributed by atoms with Gasteiger partial charge in [0.05, 0.1) is 24.6 Å². The predicted octanol–water partition coefficient (Wildman–Crippen LogP) is 0.912. The van der Waals surface area contributed by atoms with E-state index in [9.17, 15) is 14.4 Å².